The Morgan fingerprint density at radius 3 is 2.41 bits per heavy atom. The Hall–Kier alpha value is -1.23. The third kappa shape index (κ3) is 9.00. The SMILES string of the molecule is CN=C(NCCS(=O)(=O)C(C)(C)C)NCC(C)Oc1cccc(OC)c1.I. The summed E-state index contributed by atoms with van der Waals surface area (Å²) in [6.07, 6.45) is -0.112. The molecule has 27 heavy (non-hydrogen) atoms. The molecular formula is C18H32IN3O4S. The number of hydrogen-bond acceptors (Lipinski definition) is 5. The average molecular weight is 513 g/mol. The molecule has 0 spiro atoms. The first-order valence-electron chi connectivity index (χ1n) is 8.56. The Morgan fingerprint density at radius 2 is 1.85 bits per heavy atom. The van der Waals surface area contributed by atoms with E-state index in [2.05, 4.69) is 15.6 Å². The number of rotatable bonds is 8. The summed E-state index contributed by atoms with van der Waals surface area (Å²) in [6, 6.07) is 7.40. The van der Waals surface area contributed by atoms with Crippen molar-refractivity contribution in [1.82, 2.24) is 10.6 Å². The normalized spacial score (nSPS) is 13.3. The molecule has 7 nitrogen and oxygen atoms in total. The number of nitrogens with zero attached hydrogens (tertiary/aromatic N) is 1. The molecule has 1 aromatic rings. The monoisotopic (exact) mass is 513 g/mol. The lowest BCUT2D eigenvalue weighted by Gasteiger charge is -2.20. The van der Waals surface area contributed by atoms with E-state index in [4.69, 9.17) is 9.47 Å². The van der Waals surface area contributed by atoms with Gasteiger partial charge < -0.3 is 20.1 Å². The molecule has 1 unspecified atom stereocenters. The van der Waals surface area contributed by atoms with Crippen LogP contribution in [-0.2, 0) is 9.84 Å². The summed E-state index contributed by atoms with van der Waals surface area (Å²) >= 11 is 0. The molecule has 1 aromatic carbocycles. The molecule has 0 saturated carbocycles. The number of guanidine groups is 1. The van der Waals surface area contributed by atoms with Crippen molar-refractivity contribution in [2.75, 3.05) is 33.0 Å². The minimum Gasteiger partial charge on any atom is -0.497 e. The van der Waals surface area contributed by atoms with E-state index in [0.29, 0.717) is 19.0 Å². The highest BCUT2D eigenvalue weighted by Crippen LogP contribution is 2.19. The average Bonchev–Trinajstić information content (AvgIpc) is 2.57. The van der Waals surface area contributed by atoms with Crippen LogP contribution in [0.15, 0.2) is 29.3 Å². The number of hydrogen-bond donors (Lipinski definition) is 2. The van der Waals surface area contributed by atoms with Crippen LogP contribution in [0.1, 0.15) is 27.7 Å². The second-order valence-electron chi connectivity index (χ2n) is 6.92. The minimum absolute atomic E-state index is 0. The van der Waals surface area contributed by atoms with Crippen LogP contribution in [0.25, 0.3) is 0 Å². The summed E-state index contributed by atoms with van der Waals surface area (Å²) in [7, 11) is 0.0887. The number of nitrogens with one attached hydrogen (secondary N) is 2. The van der Waals surface area contributed by atoms with Gasteiger partial charge in [-0.25, -0.2) is 8.42 Å². The van der Waals surface area contributed by atoms with Gasteiger partial charge in [0.2, 0.25) is 0 Å². The molecular weight excluding hydrogens is 481 g/mol. The van der Waals surface area contributed by atoms with Crippen LogP contribution < -0.4 is 20.1 Å². The van der Waals surface area contributed by atoms with Crippen LogP contribution in [0.2, 0.25) is 0 Å². The summed E-state index contributed by atoms with van der Waals surface area (Å²) in [6.45, 7) is 7.85. The first-order chi connectivity index (χ1) is 12.1. The van der Waals surface area contributed by atoms with Crippen molar-refractivity contribution in [1.29, 1.82) is 0 Å². The summed E-state index contributed by atoms with van der Waals surface area (Å²) in [5.41, 5.74) is 0. The maximum Gasteiger partial charge on any atom is 0.191 e. The van der Waals surface area contributed by atoms with Gasteiger partial charge in [0.25, 0.3) is 0 Å². The van der Waals surface area contributed by atoms with Gasteiger partial charge in [-0.2, -0.15) is 0 Å². The zero-order valence-corrected chi connectivity index (χ0v) is 20.1. The highest BCUT2D eigenvalue weighted by atomic mass is 127. The molecule has 0 radical (unpaired) electrons. The van der Waals surface area contributed by atoms with Crippen LogP contribution in [0.3, 0.4) is 0 Å². The van der Waals surface area contributed by atoms with Gasteiger partial charge in [0.15, 0.2) is 15.8 Å². The van der Waals surface area contributed by atoms with E-state index in [1.165, 1.54) is 0 Å². The number of benzene rings is 1. The quantitative estimate of drug-likeness (QED) is 0.316. The Bertz CT molecular complexity index is 703. The predicted molar refractivity (Wildman–Crippen MR) is 121 cm³/mol. The zero-order valence-electron chi connectivity index (χ0n) is 16.9. The van der Waals surface area contributed by atoms with Gasteiger partial charge >= 0.3 is 0 Å². The van der Waals surface area contributed by atoms with Gasteiger partial charge in [-0.3, -0.25) is 4.99 Å². The molecule has 156 valence electrons. The van der Waals surface area contributed by atoms with Crippen LogP contribution in [0, 0.1) is 0 Å². The van der Waals surface area contributed by atoms with Crippen molar-refractivity contribution in [2.45, 2.75) is 38.5 Å². The third-order valence-corrected chi connectivity index (χ3v) is 6.36. The fourth-order valence-corrected chi connectivity index (χ4v) is 3.00. The van der Waals surface area contributed by atoms with Crippen LogP contribution in [-0.4, -0.2) is 58.2 Å². The largest absolute Gasteiger partial charge is 0.497 e. The first-order valence-corrected chi connectivity index (χ1v) is 10.2. The molecule has 0 heterocycles. The molecule has 1 atom stereocenters. The van der Waals surface area contributed by atoms with Crippen LogP contribution in [0.4, 0.5) is 0 Å². The fraction of sp³-hybridized carbons (Fsp3) is 0.611. The van der Waals surface area contributed by atoms with Crippen LogP contribution in [0.5, 0.6) is 11.5 Å². The van der Waals surface area contributed by atoms with E-state index in [0.717, 1.165) is 11.5 Å². The standard InChI is InChI=1S/C18H31N3O4S.HI/c1-14(25-16-9-7-8-15(12-16)24-6)13-21-17(19-5)20-10-11-26(22,23)18(2,3)4;/h7-9,12,14H,10-11,13H2,1-6H3,(H2,19,20,21);1H. The number of ether oxygens (including phenoxy) is 2. The highest BCUT2D eigenvalue weighted by Gasteiger charge is 2.28. The summed E-state index contributed by atoms with van der Waals surface area (Å²) in [5, 5.41) is 6.15. The van der Waals surface area contributed by atoms with Gasteiger partial charge in [0, 0.05) is 19.7 Å². The molecule has 9 heteroatoms. The van der Waals surface area contributed by atoms with Crippen molar-refractivity contribution in [3.05, 3.63) is 24.3 Å². The van der Waals surface area contributed by atoms with E-state index >= 15 is 0 Å². The smallest absolute Gasteiger partial charge is 0.191 e. The van der Waals surface area contributed by atoms with E-state index in [-0.39, 0.29) is 35.8 Å². The number of halogens is 1. The Balaban J connectivity index is 0.00000676. The van der Waals surface area contributed by atoms with Gasteiger partial charge in [-0.05, 0) is 39.8 Å². The molecule has 0 amide bonds. The molecule has 0 aliphatic carbocycles. The third-order valence-electron chi connectivity index (χ3n) is 3.76. The van der Waals surface area contributed by atoms with Gasteiger partial charge in [0.1, 0.15) is 17.6 Å². The zero-order chi connectivity index (χ0) is 19.8. The highest BCUT2D eigenvalue weighted by molar-refractivity contribution is 14.0. The van der Waals surface area contributed by atoms with E-state index < -0.39 is 14.6 Å². The van der Waals surface area contributed by atoms with Crippen LogP contribution >= 0.6 is 24.0 Å². The molecule has 0 aromatic heterocycles. The predicted octanol–water partition coefficient (Wildman–Crippen LogP) is 2.46. The van der Waals surface area contributed by atoms with E-state index in [1.54, 1.807) is 34.9 Å². The maximum absolute atomic E-state index is 12.1. The van der Waals surface area contributed by atoms with Crippen molar-refractivity contribution in [2.24, 2.45) is 4.99 Å². The van der Waals surface area contributed by atoms with Crippen molar-refractivity contribution >= 4 is 39.8 Å². The minimum atomic E-state index is -3.16. The van der Waals surface area contributed by atoms with Crippen molar-refractivity contribution < 1.29 is 17.9 Å². The molecule has 2 N–H and O–H groups in total. The van der Waals surface area contributed by atoms with Gasteiger partial charge in [-0.15, -0.1) is 24.0 Å². The van der Waals surface area contributed by atoms with Gasteiger partial charge in [-0.1, -0.05) is 6.07 Å². The number of sulfone groups is 1. The summed E-state index contributed by atoms with van der Waals surface area (Å²) in [4.78, 5) is 4.10. The first kappa shape index (κ1) is 25.8. The number of methoxy groups -OCH3 is 1. The maximum atomic E-state index is 12.1. The molecule has 0 aliphatic heterocycles. The molecule has 0 bridgehead atoms. The summed E-state index contributed by atoms with van der Waals surface area (Å²) in [5.74, 6) is 2.04. The Morgan fingerprint density at radius 1 is 1.22 bits per heavy atom. The molecule has 0 saturated heterocycles. The fourth-order valence-electron chi connectivity index (χ4n) is 2.02. The second-order valence-corrected chi connectivity index (χ2v) is 9.78. The lowest BCUT2D eigenvalue weighted by Crippen LogP contribution is -2.44. The Labute approximate surface area is 180 Å². The second kappa shape index (κ2) is 11.6. The summed E-state index contributed by atoms with van der Waals surface area (Å²) < 4.78 is 34.5. The lowest BCUT2D eigenvalue weighted by molar-refractivity contribution is 0.223. The molecule has 0 fully saturated rings. The van der Waals surface area contributed by atoms with Crippen molar-refractivity contribution in [3.8, 4) is 11.5 Å². The number of aliphatic imine (C=N–C) groups is 1. The van der Waals surface area contributed by atoms with Gasteiger partial charge in [0.05, 0.1) is 24.2 Å². The molecule has 0 aliphatic rings. The van der Waals surface area contributed by atoms with E-state index in [1.807, 2.05) is 31.2 Å². The lowest BCUT2D eigenvalue weighted by atomic mass is 10.3. The van der Waals surface area contributed by atoms with Crippen molar-refractivity contribution in [3.63, 3.8) is 0 Å². The molecule has 1 rings (SSSR count). The van der Waals surface area contributed by atoms with E-state index in [9.17, 15) is 8.42 Å². The topological polar surface area (TPSA) is 89.0 Å². The Kier molecular flexibility index (Phi) is 11.0.